The van der Waals surface area contributed by atoms with Crippen LogP contribution >= 0.6 is 0 Å². The molecule has 3 aromatic rings. The van der Waals surface area contributed by atoms with Gasteiger partial charge < -0.3 is 28.7 Å². The second-order valence-corrected chi connectivity index (χ2v) is 8.05. The number of hydrogen-bond donors (Lipinski definition) is 1. The van der Waals surface area contributed by atoms with Gasteiger partial charge in [0.05, 0.1) is 24.1 Å². The third-order valence-electron chi connectivity index (χ3n) is 5.65. The number of hydrogen-bond acceptors (Lipinski definition) is 11. The molecule has 5 rings (SSSR count). The summed E-state index contributed by atoms with van der Waals surface area (Å²) in [6.07, 6.45) is 1.15. The Hall–Kier alpha value is -5.66. The highest BCUT2D eigenvalue weighted by molar-refractivity contribution is 6.14. The predicted molar refractivity (Wildman–Crippen MR) is 128 cm³/mol. The number of fused-ring (bicyclic) bond motifs is 1. The highest BCUT2D eigenvalue weighted by Crippen LogP contribution is 2.36. The molecule has 0 radical (unpaired) electrons. The van der Waals surface area contributed by atoms with Gasteiger partial charge in [0.15, 0.2) is 11.5 Å². The van der Waals surface area contributed by atoms with Crippen molar-refractivity contribution in [1.82, 2.24) is 10.2 Å². The predicted octanol–water partition coefficient (Wildman–Crippen LogP) is 3.02. The number of carbonyl (C=O) groups is 4. The van der Waals surface area contributed by atoms with E-state index in [1.54, 1.807) is 0 Å². The Bertz CT molecular complexity index is 1570. The van der Waals surface area contributed by atoms with Gasteiger partial charge in [-0.15, -0.1) is 0 Å². The molecule has 0 bridgehead atoms. The van der Waals surface area contributed by atoms with Crippen LogP contribution < -0.4 is 19.5 Å². The Labute approximate surface area is 218 Å². The van der Waals surface area contributed by atoms with Crippen molar-refractivity contribution in [3.8, 4) is 17.2 Å². The number of rotatable bonds is 7. The fraction of sp³-hybridized carbons (Fsp3) is 0.120. The Kier molecular flexibility index (Phi) is 6.42. The lowest BCUT2D eigenvalue weighted by atomic mass is 10.1. The Morgan fingerprint density at radius 2 is 1.90 bits per heavy atom. The summed E-state index contributed by atoms with van der Waals surface area (Å²) in [6.45, 7) is -0.321. The van der Waals surface area contributed by atoms with Gasteiger partial charge in [-0.05, 0) is 36.4 Å². The number of nitro benzene ring substituents is 1. The second kappa shape index (κ2) is 10.0. The third-order valence-corrected chi connectivity index (χ3v) is 5.65. The van der Waals surface area contributed by atoms with Crippen LogP contribution in [0.2, 0.25) is 0 Å². The van der Waals surface area contributed by atoms with Crippen molar-refractivity contribution in [1.29, 1.82) is 0 Å². The van der Waals surface area contributed by atoms with E-state index >= 15 is 0 Å². The molecule has 0 aliphatic carbocycles. The number of nitrogens with zero attached hydrogens (tertiary/aromatic N) is 2. The standard InChI is InChI=1S/C25H17N3O11/c1-35-24(31)19-8-6-15(38-19)11-27-22(29)16(26-25(27)32)9-13-3-2-4-17(28(33)34)21(13)39-23(30)14-5-7-18-20(10-14)37-12-36-18/h2-10H,11-12H2,1H3,(H,26,32)/b16-9-. The molecule has 2 aliphatic heterocycles. The lowest BCUT2D eigenvalue weighted by molar-refractivity contribution is -0.385. The number of nitrogens with one attached hydrogen (secondary N) is 1. The molecule has 14 heteroatoms. The molecular weight excluding hydrogens is 518 g/mol. The molecule has 0 spiro atoms. The summed E-state index contributed by atoms with van der Waals surface area (Å²) in [7, 11) is 1.17. The zero-order valence-electron chi connectivity index (χ0n) is 20.0. The van der Waals surface area contributed by atoms with Gasteiger partial charge in [0.25, 0.3) is 5.91 Å². The molecule has 0 saturated carbocycles. The van der Waals surface area contributed by atoms with Gasteiger partial charge in [0, 0.05) is 11.6 Å². The first-order valence-electron chi connectivity index (χ1n) is 11.2. The normalized spacial score (nSPS) is 14.9. The Morgan fingerprint density at radius 3 is 2.67 bits per heavy atom. The Balaban J connectivity index is 1.42. The smallest absolute Gasteiger partial charge is 0.373 e. The largest absolute Gasteiger partial charge is 0.463 e. The van der Waals surface area contributed by atoms with E-state index in [-0.39, 0.29) is 41.7 Å². The fourth-order valence-electron chi connectivity index (χ4n) is 3.79. The van der Waals surface area contributed by atoms with Gasteiger partial charge in [-0.3, -0.25) is 19.8 Å². The molecule has 198 valence electrons. The van der Waals surface area contributed by atoms with E-state index in [2.05, 4.69) is 10.1 Å². The summed E-state index contributed by atoms with van der Waals surface area (Å²) in [4.78, 5) is 61.7. The van der Waals surface area contributed by atoms with Gasteiger partial charge in [0.2, 0.25) is 18.3 Å². The van der Waals surface area contributed by atoms with E-state index < -0.39 is 40.2 Å². The van der Waals surface area contributed by atoms with Crippen LogP contribution in [0.15, 0.2) is 58.6 Å². The van der Waals surface area contributed by atoms with Gasteiger partial charge in [0.1, 0.15) is 11.5 Å². The SMILES string of the molecule is COC(=O)c1ccc(CN2C(=O)N/C(=C\c3cccc([N+](=O)[O-])c3OC(=O)c3ccc4c(c3)OCO4)C2=O)o1. The molecule has 0 atom stereocenters. The minimum Gasteiger partial charge on any atom is -0.463 e. The molecule has 2 aliphatic rings. The van der Waals surface area contributed by atoms with Crippen molar-refractivity contribution >= 4 is 35.6 Å². The number of nitro groups is 1. The maximum atomic E-state index is 13.0. The van der Waals surface area contributed by atoms with E-state index in [0.29, 0.717) is 11.5 Å². The zero-order valence-corrected chi connectivity index (χ0v) is 20.0. The number of para-hydroxylation sites is 1. The van der Waals surface area contributed by atoms with Gasteiger partial charge >= 0.3 is 23.7 Å². The number of urea groups is 1. The van der Waals surface area contributed by atoms with Crippen LogP contribution in [0.4, 0.5) is 10.5 Å². The van der Waals surface area contributed by atoms with Gasteiger partial charge in [-0.25, -0.2) is 14.4 Å². The highest BCUT2D eigenvalue weighted by Gasteiger charge is 2.35. The van der Waals surface area contributed by atoms with Crippen LogP contribution in [-0.2, 0) is 16.1 Å². The van der Waals surface area contributed by atoms with E-state index in [4.69, 9.17) is 18.6 Å². The highest BCUT2D eigenvalue weighted by atomic mass is 16.7. The molecular formula is C25H17N3O11. The van der Waals surface area contributed by atoms with Crippen LogP contribution in [0.3, 0.4) is 0 Å². The maximum absolute atomic E-state index is 13.0. The second-order valence-electron chi connectivity index (χ2n) is 8.05. The quantitative estimate of drug-likeness (QED) is 0.117. The number of imide groups is 1. The summed E-state index contributed by atoms with van der Waals surface area (Å²) in [6, 6.07) is 10.0. The van der Waals surface area contributed by atoms with Crippen LogP contribution in [0, 0.1) is 10.1 Å². The summed E-state index contributed by atoms with van der Waals surface area (Å²) >= 11 is 0. The van der Waals surface area contributed by atoms with Crippen LogP contribution in [-0.4, -0.2) is 47.6 Å². The molecule has 3 amide bonds. The van der Waals surface area contributed by atoms with Crippen molar-refractivity contribution < 1.29 is 47.5 Å². The fourth-order valence-corrected chi connectivity index (χ4v) is 3.79. The zero-order chi connectivity index (χ0) is 27.7. The first-order chi connectivity index (χ1) is 18.7. The van der Waals surface area contributed by atoms with Crippen molar-refractivity contribution in [2.24, 2.45) is 0 Å². The van der Waals surface area contributed by atoms with E-state index in [9.17, 15) is 29.3 Å². The van der Waals surface area contributed by atoms with Crippen molar-refractivity contribution in [2.75, 3.05) is 13.9 Å². The minimum absolute atomic E-state index is 0.0150. The number of methoxy groups -OCH3 is 1. The minimum atomic E-state index is -0.926. The van der Waals surface area contributed by atoms with Crippen molar-refractivity contribution in [3.05, 3.63) is 87.0 Å². The van der Waals surface area contributed by atoms with Crippen molar-refractivity contribution in [2.45, 2.75) is 6.54 Å². The molecule has 0 unspecified atom stereocenters. The Morgan fingerprint density at radius 1 is 1.10 bits per heavy atom. The molecule has 1 aromatic heterocycles. The van der Waals surface area contributed by atoms with Gasteiger partial charge in [-0.1, -0.05) is 12.1 Å². The van der Waals surface area contributed by atoms with Crippen LogP contribution in [0.5, 0.6) is 17.2 Å². The number of amides is 3. The molecule has 1 N–H and O–H groups in total. The molecule has 39 heavy (non-hydrogen) atoms. The van der Waals surface area contributed by atoms with Gasteiger partial charge in [-0.2, -0.15) is 0 Å². The first-order valence-corrected chi connectivity index (χ1v) is 11.2. The summed E-state index contributed by atoms with van der Waals surface area (Å²) in [5.74, 6) is -2.11. The van der Waals surface area contributed by atoms with E-state index in [1.165, 1.54) is 49.6 Å². The maximum Gasteiger partial charge on any atom is 0.373 e. The lowest BCUT2D eigenvalue weighted by Gasteiger charge is -2.10. The molecule has 14 nitrogen and oxygen atoms in total. The molecule has 1 saturated heterocycles. The monoisotopic (exact) mass is 535 g/mol. The number of carbonyl (C=O) groups excluding carboxylic acids is 4. The number of benzene rings is 2. The number of esters is 2. The van der Waals surface area contributed by atoms with Crippen LogP contribution in [0.25, 0.3) is 6.08 Å². The van der Waals surface area contributed by atoms with E-state index in [0.717, 1.165) is 17.0 Å². The van der Waals surface area contributed by atoms with Crippen LogP contribution in [0.1, 0.15) is 32.2 Å². The third kappa shape index (κ3) is 4.85. The van der Waals surface area contributed by atoms with Crippen molar-refractivity contribution in [3.63, 3.8) is 0 Å². The lowest BCUT2D eigenvalue weighted by Crippen LogP contribution is -2.30. The number of ether oxygens (including phenoxy) is 4. The summed E-state index contributed by atoms with van der Waals surface area (Å²) in [5.41, 5.74) is -0.759. The molecule has 3 heterocycles. The summed E-state index contributed by atoms with van der Waals surface area (Å²) < 4.78 is 25.7. The molecule has 2 aromatic carbocycles. The first kappa shape index (κ1) is 25.0. The van der Waals surface area contributed by atoms with E-state index in [1.807, 2.05) is 0 Å². The average Bonchev–Trinajstić information content (AvgIpc) is 3.65. The topological polar surface area (TPSA) is 177 Å². The number of furan rings is 1. The summed E-state index contributed by atoms with van der Waals surface area (Å²) in [5, 5.41) is 14.1. The molecule has 1 fully saturated rings. The average molecular weight is 535 g/mol.